The van der Waals surface area contributed by atoms with Crippen LogP contribution < -0.4 is 10.6 Å². The van der Waals surface area contributed by atoms with Crippen LogP contribution in [0.15, 0.2) is 6.20 Å². The lowest BCUT2D eigenvalue weighted by atomic mass is 10.00. The maximum atomic E-state index is 12.3. The van der Waals surface area contributed by atoms with Crippen molar-refractivity contribution >= 4 is 5.91 Å². The van der Waals surface area contributed by atoms with Gasteiger partial charge in [-0.25, -0.2) is 0 Å². The largest absolute Gasteiger partial charge is 0.352 e. The maximum Gasteiger partial charge on any atom is 0.254 e. The van der Waals surface area contributed by atoms with Crippen molar-refractivity contribution in [1.29, 1.82) is 0 Å². The van der Waals surface area contributed by atoms with Gasteiger partial charge < -0.3 is 10.6 Å². The third-order valence-electron chi connectivity index (χ3n) is 3.84. The fraction of sp³-hybridized carbons (Fsp3) is 0.733. The number of piperidine rings is 1. The topological polar surface area (TPSA) is 59.0 Å². The van der Waals surface area contributed by atoms with Gasteiger partial charge in [0.15, 0.2) is 0 Å². The van der Waals surface area contributed by atoms with E-state index < -0.39 is 0 Å². The van der Waals surface area contributed by atoms with Crippen LogP contribution in [0.3, 0.4) is 0 Å². The lowest BCUT2D eigenvalue weighted by Crippen LogP contribution is -2.38. The van der Waals surface area contributed by atoms with Crippen molar-refractivity contribution < 1.29 is 4.79 Å². The number of amides is 1. The Morgan fingerprint density at radius 2 is 2.30 bits per heavy atom. The number of carbonyl (C=O) groups is 1. The first-order valence-electron chi connectivity index (χ1n) is 7.43. The van der Waals surface area contributed by atoms with E-state index in [1.54, 1.807) is 6.20 Å². The average molecular weight is 278 g/mol. The Labute approximate surface area is 121 Å². The molecule has 2 N–H and O–H groups in total. The van der Waals surface area contributed by atoms with Crippen LogP contribution in [-0.2, 0) is 5.54 Å². The molecule has 20 heavy (non-hydrogen) atoms. The summed E-state index contributed by atoms with van der Waals surface area (Å²) in [5.41, 5.74) is 1.51. The average Bonchev–Trinajstić information content (AvgIpc) is 2.79. The molecule has 1 saturated heterocycles. The third-order valence-corrected chi connectivity index (χ3v) is 3.84. The van der Waals surface area contributed by atoms with E-state index in [1.165, 1.54) is 12.8 Å². The van der Waals surface area contributed by atoms with Crippen molar-refractivity contribution in [3.63, 3.8) is 0 Å². The molecule has 0 aromatic carbocycles. The van der Waals surface area contributed by atoms with Gasteiger partial charge in [-0.15, -0.1) is 0 Å². The number of aromatic nitrogens is 2. The molecular weight excluding hydrogens is 252 g/mol. The van der Waals surface area contributed by atoms with Crippen LogP contribution >= 0.6 is 0 Å². The van der Waals surface area contributed by atoms with E-state index in [9.17, 15) is 4.79 Å². The molecule has 2 rings (SSSR count). The summed E-state index contributed by atoms with van der Waals surface area (Å²) < 4.78 is 1.91. The summed E-state index contributed by atoms with van der Waals surface area (Å²) in [5, 5.41) is 10.8. The highest BCUT2D eigenvalue weighted by Crippen LogP contribution is 2.18. The molecule has 1 atom stereocenters. The van der Waals surface area contributed by atoms with Crippen molar-refractivity contribution in [3.8, 4) is 0 Å². The SMILES string of the molecule is Cc1c(C(=O)NCC2CCCNC2)cnn1C(C)(C)C. The Kier molecular flexibility index (Phi) is 4.48. The summed E-state index contributed by atoms with van der Waals surface area (Å²) in [5.74, 6) is 0.536. The lowest BCUT2D eigenvalue weighted by molar-refractivity contribution is 0.0944. The molecular formula is C15H26N4O. The summed E-state index contributed by atoms with van der Waals surface area (Å²) in [7, 11) is 0. The van der Waals surface area contributed by atoms with Gasteiger partial charge in [-0.1, -0.05) is 0 Å². The number of nitrogens with one attached hydrogen (secondary N) is 2. The zero-order chi connectivity index (χ0) is 14.8. The Balaban J connectivity index is 1.97. The molecule has 1 aliphatic rings. The van der Waals surface area contributed by atoms with Crippen molar-refractivity contribution in [2.24, 2.45) is 5.92 Å². The van der Waals surface area contributed by atoms with Gasteiger partial charge in [-0.3, -0.25) is 9.48 Å². The molecule has 0 aliphatic carbocycles. The molecule has 0 saturated carbocycles. The Morgan fingerprint density at radius 3 is 2.85 bits per heavy atom. The van der Waals surface area contributed by atoms with Crippen LogP contribution in [0.25, 0.3) is 0 Å². The summed E-state index contributed by atoms with van der Waals surface area (Å²) in [4.78, 5) is 12.3. The van der Waals surface area contributed by atoms with Gasteiger partial charge in [0.2, 0.25) is 0 Å². The Bertz CT molecular complexity index is 467. The first-order valence-corrected chi connectivity index (χ1v) is 7.43. The van der Waals surface area contributed by atoms with E-state index in [2.05, 4.69) is 36.5 Å². The molecule has 112 valence electrons. The fourth-order valence-corrected chi connectivity index (χ4v) is 2.74. The second kappa shape index (κ2) is 5.95. The number of hydrogen-bond acceptors (Lipinski definition) is 3. The zero-order valence-electron chi connectivity index (χ0n) is 13.0. The van der Waals surface area contributed by atoms with E-state index >= 15 is 0 Å². The number of nitrogens with zero attached hydrogens (tertiary/aromatic N) is 2. The van der Waals surface area contributed by atoms with Gasteiger partial charge in [0.25, 0.3) is 5.91 Å². The minimum Gasteiger partial charge on any atom is -0.352 e. The number of carbonyl (C=O) groups excluding carboxylic acids is 1. The smallest absolute Gasteiger partial charge is 0.254 e. The molecule has 0 bridgehead atoms. The second-order valence-corrected chi connectivity index (χ2v) is 6.65. The number of rotatable bonds is 3. The predicted molar refractivity (Wildman–Crippen MR) is 79.9 cm³/mol. The quantitative estimate of drug-likeness (QED) is 0.884. The van der Waals surface area contributed by atoms with Crippen molar-refractivity contribution in [3.05, 3.63) is 17.5 Å². The fourth-order valence-electron chi connectivity index (χ4n) is 2.74. The van der Waals surface area contributed by atoms with Crippen LogP contribution in [0.5, 0.6) is 0 Å². The van der Waals surface area contributed by atoms with Gasteiger partial charge in [-0.05, 0) is 59.5 Å². The van der Waals surface area contributed by atoms with Gasteiger partial charge >= 0.3 is 0 Å². The van der Waals surface area contributed by atoms with Crippen molar-refractivity contribution in [1.82, 2.24) is 20.4 Å². The minimum atomic E-state index is -0.101. The highest BCUT2D eigenvalue weighted by Gasteiger charge is 2.22. The number of hydrogen-bond donors (Lipinski definition) is 2. The molecule has 5 nitrogen and oxygen atoms in total. The highest BCUT2D eigenvalue weighted by molar-refractivity contribution is 5.95. The van der Waals surface area contributed by atoms with E-state index in [-0.39, 0.29) is 11.4 Å². The van der Waals surface area contributed by atoms with Crippen LogP contribution in [0.1, 0.15) is 49.7 Å². The molecule has 1 unspecified atom stereocenters. The van der Waals surface area contributed by atoms with E-state index in [4.69, 9.17) is 0 Å². The van der Waals surface area contributed by atoms with Crippen molar-refractivity contribution in [2.75, 3.05) is 19.6 Å². The van der Waals surface area contributed by atoms with E-state index in [1.807, 2.05) is 11.6 Å². The van der Waals surface area contributed by atoms with Gasteiger partial charge in [-0.2, -0.15) is 5.10 Å². The van der Waals surface area contributed by atoms with E-state index in [0.29, 0.717) is 11.5 Å². The molecule has 0 radical (unpaired) electrons. The molecule has 1 aromatic heterocycles. The maximum absolute atomic E-state index is 12.3. The molecule has 1 fully saturated rings. The predicted octanol–water partition coefficient (Wildman–Crippen LogP) is 1.68. The summed E-state index contributed by atoms with van der Waals surface area (Å²) in [6.45, 7) is 11.1. The summed E-state index contributed by atoms with van der Waals surface area (Å²) in [6, 6.07) is 0. The summed E-state index contributed by atoms with van der Waals surface area (Å²) in [6.07, 6.45) is 4.06. The molecule has 1 aromatic rings. The van der Waals surface area contributed by atoms with Gasteiger partial charge in [0.05, 0.1) is 17.3 Å². The van der Waals surface area contributed by atoms with Crippen molar-refractivity contribution in [2.45, 2.75) is 46.1 Å². The third kappa shape index (κ3) is 3.39. The van der Waals surface area contributed by atoms with Gasteiger partial charge in [0.1, 0.15) is 0 Å². The zero-order valence-corrected chi connectivity index (χ0v) is 13.0. The summed E-state index contributed by atoms with van der Waals surface area (Å²) >= 11 is 0. The van der Waals surface area contributed by atoms with Crippen LogP contribution in [-0.4, -0.2) is 35.3 Å². The first-order chi connectivity index (χ1) is 9.39. The van der Waals surface area contributed by atoms with Crippen LogP contribution in [0.2, 0.25) is 0 Å². The van der Waals surface area contributed by atoms with Crippen LogP contribution in [0, 0.1) is 12.8 Å². The molecule has 1 aliphatic heterocycles. The minimum absolute atomic E-state index is 0.0106. The van der Waals surface area contributed by atoms with E-state index in [0.717, 1.165) is 25.3 Å². The Morgan fingerprint density at radius 1 is 1.55 bits per heavy atom. The van der Waals surface area contributed by atoms with Gasteiger partial charge in [0, 0.05) is 12.2 Å². The van der Waals surface area contributed by atoms with Crippen LogP contribution in [0.4, 0.5) is 0 Å². The highest BCUT2D eigenvalue weighted by atomic mass is 16.1. The molecule has 1 amide bonds. The second-order valence-electron chi connectivity index (χ2n) is 6.65. The Hall–Kier alpha value is -1.36. The normalized spacial score (nSPS) is 19.9. The molecule has 5 heteroatoms. The standard InChI is InChI=1S/C15H26N4O/c1-11-13(10-18-19(11)15(2,3)4)14(20)17-9-12-6-5-7-16-8-12/h10,12,16H,5-9H2,1-4H3,(H,17,20). The first kappa shape index (κ1) is 15.0. The molecule has 2 heterocycles. The monoisotopic (exact) mass is 278 g/mol. The molecule has 0 spiro atoms. The lowest BCUT2D eigenvalue weighted by Gasteiger charge is -2.23.